The van der Waals surface area contributed by atoms with E-state index in [9.17, 15) is 34.1 Å². The number of nitrogens with one attached hydrogen (secondary N) is 3. The average molecular weight is 525 g/mol. The summed E-state index contributed by atoms with van der Waals surface area (Å²) in [7, 11) is 0. The summed E-state index contributed by atoms with van der Waals surface area (Å²) >= 11 is 0. The monoisotopic (exact) mass is 525 g/mol. The normalized spacial score (nSPS) is 16.6. The van der Waals surface area contributed by atoms with Crippen LogP contribution in [0.25, 0.3) is 0 Å². The van der Waals surface area contributed by atoms with Crippen molar-refractivity contribution in [1.82, 2.24) is 15.5 Å². The zero-order valence-electron chi connectivity index (χ0n) is 19.9. The Morgan fingerprint density at radius 3 is 2.50 bits per heavy atom. The van der Waals surface area contributed by atoms with Crippen LogP contribution in [0.3, 0.4) is 0 Å². The van der Waals surface area contributed by atoms with Gasteiger partial charge in [0, 0.05) is 37.3 Å². The minimum Gasteiger partial charge on any atom is -0.410 e. The first-order valence-corrected chi connectivity index (χ1v) is 11.6. The van der Waals surface area contributed by atoms with Crippen LogP contribution in [0.4, 0.5) is 16.2 Å². The topological polar surface area (TPSA) is 186 Å². The van der Waals surface area contributed by atoms with Crippen LogP contribution in [0.1, 0.15) is 33.6 Å². The number of benzene rings is 2. The highest BCUT2D eigenvalue weighted by molar-refractivity contribution is 6.25. The van der Waals surface area contributed by atoms with Crippen LogP contribution >= 0.6 is 0 Å². The largest absolute Gasteiger partial charge is 0.412 e. The Balaban J connectivity index is 1.21. The van der Waals surface area contributed by atoms with Gasteiger partial charge in [0.2, 0.25) is 11.8 Å². The molecule has 14 nitrogen and oxygen atoms in total. The van der Waals surface area contributed by atoms with Gasteiger partial charge in [-0.2, -0.15) is 0 Å². The maximum Gasteiger partial charge on any atom is 0.412 e. The Kier molecular flexibility index (Phi) is 7.91. The number of nitro benzene ring substituents is 1. The fourth-order valence-corrected chi connectivity index (χ4v) is 4.03. The molecule has 1 unspecified atom stereocenters. The summed E-state index contributed by atoms with van der Waals surface area (Å²) in [5.41, 5.74) is 0.603. The van der Waals surface area contributed by atoms with E-state index in [2.05, 4.69) is 16.0 Å². The van der Waals surface area contributed by atoms with Crippen molar-refractivity contribution in [3.05, 3.63) is 63.7 Å². The highest BCUT2D eigenvalue weighted by Gasteiger charge is 2.45. The Morgan fingerprint density at radius 1 is 1.05 bits per heavy atom. The van der Waals surface area contributed by atoms with Crippen molar-refractivity contribution in [1.29, 1.82) is 0 Å². The molecule has 4 rings (SSSR count). The van der Waals surface area contributed by atoms with Crippen LogP contribution in [-0.2, 0) is 14.3 Å². The summed E-state index contributed by atoms with van der Waals surface area (Å²) < 4.78 is 10.5. The second-order valence-electron chi connectivity index (χ2n) is 8.28. The third-order valence-electron chi connectivity index (χ3n) is 5.80. The van der Waals surface area contributed by atoms with Crippen molar-refractivity contribution in [3.8, 4) is 5.75 Å². The number of hydrogen-bond acceptors (Lipinski definition) is 10. The molecule has 198 valence electrons. The van der Waals surface area contributed by atoms with Crippen LogP contribution in [0, 0.1) is 10.1 Å². The van der Waals surface area contributed by atoms with E-state index < -0.39 is 40.7 Å². The third-order valence-corrected chi connectivity index (χ3v) is 5.80. The van der Waals surface area contributed by atoms with Gasteiger partial charge in [-0.05, 0) is 30.7 Å². The molecule has 2 aliphatic heterocycles. The number of imide groups is 2. The maximum atomic E-state index is 13.1. The fourth-order valence-electron chi connectivity index (χ4n) is 4.03. The van der Waals surface area contributed by atoms with Crippen LogP contribution in [0.2, 0.25) is 0 Å². The Bertz CT molecular complexity index is 1290. The molecule has 0 bridgehead atoms. The third kappa shape index (κ3) is 5.75. The zero-order valence-corrected chi connectivity index (χ0v) is 19.9. The zero-order chi connectivity index (χ0) is 27.2. The molecule has 38 heavy (non-hydrogen) atoms. The predicted molar refractivity (Wildman–Crippen MR) is 130 cm³/mol. The number of nitro groups is 1. The van der Waals surface area contributed by atoms with Crippen LogP contribution < -0.4 is 20.7 Å². The first-order chi connectivity index (χ1) is 18.3. The van der Waals surface area contributed by atoms with Crippen molar-refractivity contribution in [3.63, 3.8) is 0 Å². The molecule has 3 N–H and O–H groups in total. The molecule has 1 fully saturated rings. The Labute approximate surface area is 215 Å². The number of fused-ring (bicyclic) bond motifs is 1. The number of anilines is 1. The summed E-state index contributed by atoms with van der Waals surface area (Å²) in [6.45, 7) is 0.788. The van der Waals surface area contributed by atoms with Gasteiger partial charge in [0.1, 0.15) is 11.8 Å². The van der Waals surface area contributed by atoms with E-state index in [-0.39, 0.29) is 61.7 Å². The molecule has 0 saturated carbocycles. The SMILES string of the molecule is O=C1CCC(N2C(=O)c3cccc(NCCOCCNC(=O)Oc4ccc([N+](=O)[O-])cc4)c3C2=O)C(=O)N1. The quantitative estimate of drug-likeness (QED) is 0.176. The number of ether oxygens (including phenoxy) is 2. The van der Waals surface area contributed by atoms with Crippen LogP contribution in [0.5, 0.6) is 5.75 Å². The molecule has 1 saturated heterocycles. The molecular formula is C24H23N5O9. The Hall–Kier alpha value is -4.85. The Morgan fingerprint density at radius 2 is 1.79 bits per heavy atom. The van der Waals surface area contributed by atoms with E-state index in [1.54, 1.807) is 12.1 Å². The summed E-state index contributed by atoms with van der Waals surface area (Å²) in [6.07, 6.45) is -0.637. The summed E-state index contributed by atoms with van der Waals surface area (Å²) in [4.78, 5) is 72.4. The number of carbonyl (C=O) groups is 5. The van der Waals surface area contributed by atoms with Gasteiger partial charge in [-0.15, -0.1) is 0 Å². The number of piperidine rings is 1. The van der Waals surface area contributed by atoms with Gasteiger partial charge < -0.3 is 20.1 Å². The first-order valence-electron chi connectivity index (χ1n) is 11.6. The van der Waals surface area contributed by atoms with Gasteiger partial charge in [0.15, 0.2) is 0 Å². The van der Waals surface area contributed by atoms with E-state index in [1.165, 1.54) is 30.3 Å². The molecule has 5 amide bonds. The summed E-state index contributed by atoms with van der Waals surface area (Å²) in [6, 6.07) is 8.76. The number of hydrogen-bond donors (Lipinski definition) is 3. The number of amides is 5. The smallest absolute Gasteiger partial charge is 0.410 e. The predicted octanol–water partition coefficient (Wildman–Crippen LogP) is 1.21. The number of nitrogens with zero attached hydrogens (tertiary/aromatic N) is 2. The molecule has 0 spiro atoms. The minimum atomic E-state index is -1.05. The minimum absolute atomic E-state index is 0.0376. The number of rotatable bonds is 10. The lowest BCUT2D eigenvalue weighted by Crippen LogP contribution is -2.54. The molecule has 2 heterocycles. The van der Waals surface area contributed by atoms with Crippen molar-refractivity contribution < 1.29 is 38.4 Å². The molecule has 2 aromatic rings. The highest BCUT2D eigenvalue weighted by atomic mass is 16.6. The molecule has 0 aliphatic carbocycles. The van der Waals surface area contributed by atoms with Crippen molar-refractivity contribution >= 4 is 41.1 Å². The van der Waals surface area contributed by atoms with E-state index >= 15 is 0 Å². The summed E-state index contributed by atoms with van der Waals surface area (Å²) in [5.74, 6) is -2.17. The lowest BCUT2D eigenvalue weighted by molar-refractivity contribution is -0.384. The van der Waals surface area contributed by atoms with Gasteiger partial charge in [0.25, 0.3) is 17.5 Å². The van der Waals surface area contributed by atoms with Gasteiger partial charge >= 0.3 is 6.09 Å². The van der Waals surface area contributed by atoms with Crippen molar-refractivity contribution in [2.75, 3.05) is 31.6 Å². The van der Waals surface area contributed by atoms with Crippen molar-refractivity contribution in [2.45, 2.75) is 18.9 Å². The fraction of sp³-hybridized carbons (Fsp3) is 0.292. The van der Waals surface area contributed by atoms with Gasteiger partial charge in [0.05, 0.1) is 29.3 Å². The standard InChI is InChI=1S/C24H23N5O9/c30-19-9-8-18(21(31)27-19)28-22(32)16-2-1-3-17(20(16)23(28)33)25-10-12-37-13-11-26-24(34)38-15-6-4-14(5-7-15)29(35)36/h1-7,18,25H,8-13H2,(H,26,34)(H,27,30,31). The second-order valence-corrected chi connectivity index (χ2v) is 8.28. The molecule has 2 aliphatic rings. The number of carbonyl (C=O) groups excluding carboxylic acids is 5. The highest BCUT2D eigenvalue weighted by Crippen LogP contribution is 2.32. The average Bonchev–Trinajstić information content (AvgIpc) is 3.14. The molecule has 0 aromatic heterocycles. The van der Waals surface area contributed by atoms with E-state index in [4.69, 9.17) is 9.47 Å². The molecule has 14 heteroatoms. The summed E-state index contributed by atoms with van der Waals surface area (Å²) in [5, 5.41) is 18.3. The first kappa shape index (κ1) is 26.2. The lowest BCUT2D eigenvalue weighted by atomic mass is 10.0. The molecule has 0 radical (unpaired) electrons. The van der Waals surface area contributed by atoms with E-state index in [0.29, 0.717) is 5.69 Å². The molecule has 2 aromatic carbocycles. The maximum absolute atomic E-state index is 13.1. The lowest BCUT2D eigenvalue weighted by Gasteiger charge is -2.27. The molecular weight excluding hydrogens is 502 g/mol. The number of non-ortho nitro benzene ring substituents is 1. The van der Waals surface area contributed by atoms with Crippen LogP contribution in [-0.4, -0.2) is 71.9 Å². The second kappa shape index (κ2) is 11.5. The van der Waals surface area contributed by atoms with Crippen molar-refractivity contribution in [2.24, 2.45) is 0 Å². The molecule has 1 atom stereocenters. The van der Waals surface area contributed by atoms with E-state index in [0.717, 1.165) is 4.90 Å². The van der Waals surface area contributed by atoms with Gasteiger partial charge in [-0.1, -0.05) is 6.07 Å². The van der Waals surface area contributed by atoms with Gasteiger partial charge in [-0.3, -0.25) is 39.5 Å². The van der Waals surface area contributed by atoms with E-state index in [1.807, 2.05) is 0 Å². The van der Waals surface area contributed by atoms with Gasteiger partial charge in [-0.25, -0.2) is 4.79 Å². The van der Waals surface area contributed by atoms with Crippen LogP contribution in [0.15, 0.2) is 42.5 Å².